The number of carbonyl (C=O) groups excluding carboxylic acids is 1. The molecule has 2 amide bonds. The Morgan fingerprint density at radius 2 is 2.00 bits per heavy atom. The summed E-state index contributed by atoms with van der Waals surface area (Å²) in [4.78, 5) is 23.5. The summed E-state index contributed by atoms with van der Waals surface area (Å²) in [6.07, 6.45) is -0.210. The Morgan fingerprint density at radius 1 is 1.42 bits per heavy atom. The van der Waals surface area contributed by atoms with E-state index in [2.05, 4.69) is 5.32 Å². The van der Waals surface area contributed by atoms with E-state index in [-0.39, 0.29) is 37.0 Å². The summed E-state index contributed by atoms with van der Waals surface area (Å²) in [5, 5.41) is 11.0. The molecule has 0 fully saturated rings. The fourth-order valence-corrected chi connectivity index (χ4v) is 1.88. The van der Waals surface area contributed by atoms with Crippen LogP contribution in [0.2, 0.25) is 0 Å². The van der Waals surface area contributed by atoms with Crippen LogP contribution in [0.25, 0.3) is 0 Å². The van der Waals surface area contributed by atoms with Crippen LogP contribution in [0.1, 0.15) is 20.3 Å². The summed E-state index contributed by atoms with van der Waals surface area (Å²) < 4.78 is 35.6. The lowest BCUT2D eigenvalue weighted by atomic mass is 10.2. The molecule has 0 aliphatic heterocycles. The first-order chi connectivity index (χ1) is 8.67. The third-order valence-corrected chi connectivity index (χ3v) is 2.98. The molecule has 1 atom stereocenters. The average molecular weight is 302 g/mol. The van der Waals surface area contributed by atoms with Crippen molar-refractivity contribution in [2.24, 2.45) is 0 Å². The number of carboxylic acids is 1. The molecule has 0 aliphatic rings. The van der Waals surface area contributed by atoms with Gasteiger partial charge in [0.05, 0.1) is 6.42 Å². The molecule has 0 spiro atoms. The van der Waals surface area contributed by atoms with Crippen molar-refractivity contribution in [2.45, 2.75) is 31.8 Å². The number of amides is 2. The van der Waals surface area contributed by atoms with Gasteiger partial charge in [-0.3, -0.25) is 4.79 Å². The zero-order valence-corrected chi connectivity index (χ0v) is 11.5. The number of hydrogen-bond donors (Lipinski definition) is 2. The highest BCUT2D eigenvalue weighted by atomic mass is 32.2. The highest BCUT2D eigenvalue weighted by Crippen LogP contribution is 2.29. The second kappa shape index (κ2) is 8.13. The lowest BCUT2D eigenvalue weighted by Gasteiger charge is -2.27. The number of halogens is 3. The molecule has 0 saturated heterocycles. The molecule has 0 aliphatic carbocycles. The zero-order chi connectivity index (χ0) is 15.1. The van der Waals surface area contributed by atoms with Crippen LogP contribution in [0.4, 0.5) is 18.0 Å². The Balaban J connectivity index is 4.11. The number of thioether (sulfide) groups is 1. The van der Waals surface area contributed by atoms with Crippen molar-refractivity contribution in [1.82, 2.24) is 10.2 Å². The Kier molecular flexibility index (Phi) is 7.65. The van der Waals surface area contributed by atoms with Gasteiger partial charge in [0.2, 0.25) is 0 Å². The van der Waals surface area contributed by atoms with Crippen LogP contribution in [0, 0.1) is 0 Å². The van der Waals surface area contributed by atoms with E-state index < -0.39 is 23.6 Å². The summed E-state index contributed by atoms with van der Waals surface area (Å²) >= 11 is -0.213. The maximum absolute atomic E-state index is 11.9. The Bertz CT molecular complexity index is 313. The van der Waals surface area contributed by atoms with E-state index in [9.17, 15) is 22.8 Å². The second-order valence-corrected chi connectivity index (χ2v) is 4.92. The molecule has 0 bridgehead atoms. The average Bonchev–Trinajstić information content (AvgIpc) is 2.23. The molecule has 0 aromatic heterocycles. The molecule has 19 heavy (non-hydrogen) atoms. The molecular formula is C10H17F3N2O3S. The fraction of sp³-hybridized carbons (Fsp3) is 0.800. The van der Waals surface area contributed by atoms with Gasteiger partial charge in [-0.15, -0.1) is 0 Å². The Labute approximate surface area is 113 Å². The molecule has 112 valence electrons. The van der Waals surface area contributed by atoms with Gasteiger partial charge in [0.25, 0.3) is 0 Å². The lowest BCUT2D eigenvalue weighted by Crippen LogP contribution is -2.46. The highest BCUT2D eigenvalue weighted by Gasteiger charge is 2.27. The number of carboxylic acid groups (broad SMARTS) is 1. The maximum Gasteiger partial charge on any atom is 0.441 e. The van der Waals surface area contributed by atoms with Crippen LogP contribution in [0.5, 0.6) is 0 Å². The van der Waals surface area contributed by atoms with Gasteiger partial charge < -0.3 is 15.3 Å². The molecule has 0 radical (unpaired) electrons. The predicted molar refractivity (Wildman–Crippen MR) is 66.0 cm³/mol. The number of hydrogen-bond acceptors (Lipinski definition) is 3. The number of rotatable bonds is 7. The number of urea groups is 1. The minimum absolute atomic E-state index is 0.126. The molecule has 2 N–H and O–H groups in total. The maximum atomic E-state index is 11.9. The van der Waals surface area contributed by atoms with Crippen LogP contribution in [0.3, 0.4) is 0 Å². The van der Waals surface area contributed by atoms with Crippen LogP contribution < -0.4 is 5.32 Å². The van der Waals surface area contributed by atoms with Crippen molar-refractivity contribution in [3.63, 3.8) is 0 Å². The molecule has 5 nitrogen and oxygen atoms in total. The fourth-order valence-electron chi connectivity index (χ4n) is 1.44. The van der Waals surface area contributed by atoms with Crippen molar-refractivity contribution in [2.75, 3.05) is 18.8 Å². The molecular weight excluding hydrogens is 285 g/mol. The Hall–Kier alpha value is -1.12. The first kappa shape index (κ1) is 17.9. The molecule has 0 aromatic carbocycles. The van der Waals surface area contributed by atoms with Gasteiger partial charge in [-0.25, -0.2) is 4.79 Å². The quantitative estimate of drug-likeness (QED) is 0.707. The molecule has 9 heteroatoms. The van der Waals surface area contributed by atoms with E-state index in [1.165, 1.54) is 4.90 Å². The molecule has 0 heterocycles. The minimum atomic E-state index is -4.31. The van der Waals surface area contributed by atoms with E-state index in [4.69, 9.17) is 5.11 Å². The third-order valence-electron chi connectivity index (χ3n) is 2.25. The smallest absolute Gasteiger partial charge is 0.441 e. The largest absolute Gasteiger partial charge is 0.481 e. The first-order valence-electron chi connectivity index (χ1n) is 5.64. The summed E-state index contributed by atoms with van der Waals surface area (Å²) in [5.41, 5.74) is -4.31. The summed E-state index contributed by atoms with van der Waals surface area (Å²) in [6.45, 7) is 3.40. The number of alkyl halides is 3. The van der Waals surface area contributed by atoms with Crippen LogP contribution in [-0.2, 0) is 4.79 Å². The van der Waals surface area contributed by atoms with Crippen molar-refractivity contribution in [3.8, 4) is 0 Å². The molecule has 0 rings (SSSR count). The number of nitrogens with one attached hydrogen (secondary N) is 1. The van der Waals surface area contributed by atoms with Gasteiger partial charge in [-0.1, -0.05) is 0 Å². The number of aliphatic carboxylic acids is 1. The van der Waals surface area contributed by atoms with Gasteiger partial charge in [-0.2, -0.15) is 13.2 Å². The SMILES string of the molecule is CCN(C(=O)NCCSC(F)(F)F)C(C)CC(=O)O. The summed E-state index contributed by atoms with van der Waals surface area (Å²) in [5.74, 6) is -1.31. The number of carbonyl (C=O) groups is 2. The van der Waals surface area contributed by atoms with E-state index in [1.807, 2.05) is 0 Å². The lowest BCUT2D eigenvalue weighted by molar-refractivity contribution is -0.138. The molecule has 1 unspecified atom stereocenters. The Morgan fingerprint density at radius 3 is 2.42 bits per heavy atom. The monoisotopic (exact) mass is 302 g/mol. The van der Waals surface area contributed by atoms with E-state index >= 15 is 0 Å². The second-order valence-electron chi connectivity index (χ2n) is 3.76. The van der Waals surface area contributed by atoms with Crippen molar-refractivity contribution >= 4 is 23.8 Å². The molecule has 0 aromatic rings. The van der Waals surface area contributed by atoms with Crippen LogP contribution in [-0.4, -0.2) is 52.4 Å². The topological polar surface area (TPSA) is 69.6 Å². The van der Waals surface area contributed by atoms with Crippen LogP contribution >= 0.6 is 11.8 Å². The standard InChI is InChI=1S/C10H17F3N2O3S/c1-3-15(7(2)6-8(16)17)9(18)14-4-5-19-10(11,12)13/h7H,3-6H2,1-2H3,(H,14,18)(H,16,17). The molecule has 0 saturated carbocycles. The third kappa shape index (κ3) is 8.57. The van der Waals surface area contributed by atoms with Crippen molar-refractivity contribution in [3.05, 3.63) is 0 Å². The number of nitrogens with zero attached hydrogens (tertiary/aromatic N) is 1. The zero-order valence-electron chi connectivity index (χ0n) is 10.7. The van der Waals surface area contributed by atoms with Gasteiger partial charge in [-0.05, 0) is 25.6 Å². The van der Waals surface area contributed by atoms with Gasteiger partial charge in [0, 0.05) is 24.9 Å². The van der Waals surface area contributed by atoms with Crippen molar-refractivity contribution in [1.29, 1.82) is 0 Å². The van der Waals surface area contributed by atoms with Crippen molar-refractivity contribution < 1.29 is 27.9 Å². The minimum Gasteiger partial charge on any atom is -0.481 e. The van der Waals surface area contributed by atoms with Gasteiger partial charge in [0.1, 0.15) is 0 Å². The summed E-state index contributed by atoms with van der Waals surface area (Å²) in [6, 6.07) is -1.07. The highest BCUT2D eigenvalue weighted by molar-refractivity contribution is 8.00. The van der Waals surface area contributed by atoms with E-state index in [1.54, 1.807) is 13.8 Å². The first-order valence-corrected chi connectivity index (χ1v) is 6.63. The van der Waals surface area contributed by atoms with Gasteiger partial charge in [0.15, 0.2) is 0 Å². The van der Waals surface area contributed by atoms with Gasteiger partial charge >= 0.3 is 17.5 Å². The van der Waals surface area contributed by atoms with Crippen LogP contribution in [0.15, 0.2) is 0 Å². The predicted octanol–water partition coefficient (Wildman–Crippen LogP) is 2.13. The van der Waals surface area contributed by atoms with E-state index in [0.29, 0.717) is 0 Å². The van der Waals surface area contributed by atoms with E-state index in [0.717, 1.165) is 0 Å². The summed E-state index contributed by atoms with van der Waals surface area (Å²) in [7, 11) is 0. The normalized spacial score (nSPS) is 12.9.